The fraction of sp³-hybridized carbons (Fsp3) is 0.263. The lowest BCUT2D eigenvalue weighted by Gasteiger charge is -2.18. The number of halogens is 3. The molecule has 0 amide bonds. The number of aryl methyl sites for hydroxylation is 1. The highest BCUT2D eigenvalue weighted by atomic mass is 19.4. The normalized spacial score (nSPS) is 12.7. The summed E-state index contributed by atoms with van der Waals surface area (Å²) in [5.41, 5.74) is 2.06. The summed E-state index contributed by atoms with van der Waals surface area (Å²) >= 11 is 0. The smallest absolute Gasteiger partial charge is 0.352 e. The van der Waals surface area contributed by atoms with Crippen molar-refractivity contribution in [1.29, 1.82) is 0 Å². The zero-order valence-corrected chi connectivity index (χ0v) is 13.2. The van der Waals surface area contributed by atoms with E-state index in [0.717, 1.165) is 12.0 Å². The predicted octanol–water partition coefficient (Wildman–Crippen LogP) is 5.74. The second-order valence-corrected chi connectivity index (χ2v) is 5.49. The van der Waals surface area contributed by atoms with Crippen molar-refractivity contribution >= 4 is 5.69 Å². The third-order valence-electron chi connectivity index (χ3n) is 3.65. The van der Waals surface area contributed by atoms with Crippen molar-refractivity contribution in [2.75, 3.05) is 5.32 Å². The Morgan fingerprint density at radius 2 is 1.48 bits per heavy atom. The van der Waals surface area contributed by atoms with Gasteiger partial charge in [-0.15, -0.1) is 0 Å². The summed E-state index contributed by atoms with van der Waals surface area (Å²) in [4.78, 5) is 0. The molecule has 0 bridgehead atoms. The van der Waals surface area contributed by atoms with Crippen LogP contribution in [0.4, 0.5) is 18.9 Å². The molecule has 1 nitrogen and oxygen atoms in total. The van der Waals surface area contributed by atoms with Crippen molar-refractivity contribution in [2.45, 2.75) is 32.9 Å². The Bertz CT molecular complexity index is 655. The molecule has 0 aliphatic carbocycles. The van der Waals surface area contributed by atoms with Crippen LogP contribution in [0.25, 0.3) is 0 Å². The van der Waals surface area contributed by atoms with Crippen LogP contribution in [0.2, 0.25) is 0 Å². The molecule has 0 spiro atoms. The van der Waals surface area contributed by atoms with Gasteiger partial charge in [0.1, 0.15) is 5.70 Å². The highest BCUT2D eigenvalue weighted by Gasteiger charge is 2.35. The number of rotatable bonds is 5. The van der Waals surface area contributed by atoms with E-state index in [1.807, 2.05) is 31.2 Å². The van der Waals surface area contributed by atoms with Crippen LogP contribution in [0.3, 0.4) is 0 Å². The van der Waals surface area contributed by atoms with Crippen LogP contribution in [0.1, 0.15) is 25.0 Å². The maximum atomic E-state index is 13.4. The standard InChI is InChI=1S/C19H20F3N/c1-3-15-9-11-16(12-10-15)13-14(2)18(19(20,21)22)23-17-7-5-4-6-8-17/h4-12,23H,3,13H2,1-2H3/b18-14+. The van der Waals surface area contributed by atoms with Gasteiger partial charge in [-0.2, -0.15) is 13.2 Å². The molecule has 0 aromatic heterocycles. The van der Waals surface area contributed by atoms with Gasteiger partial charge in [0.25, 0.3) is 0 Å². The molecular formula is C19H20F3N. The van der Waals surface area contributed by atoms with Gasteiger partial charge in [-0.3, -0.25) is 0 Å². The third kappa shape index (κ3) is 4.88. The van der Waals surface area contributed by atoms with E-state index < -0.39 is 11.9 Å². The van der Waals surface area contributed by atoms with Gasteiger partial charge >= 0.3 is 6.18 Å². The minimum atomic E-state index is -4.41. The van der Waals surface area contributed by atoms with Crippen LogP contribution < -0.4 is 5.32 Å². The second-order valence-electron chi connectivity index (χ2n) is 5.49. The van der Waals surface area contributed by atoms with Gasteiger partial charge in [0.05, 0.1) is 0 Å². The summed E-state index contributed by atoms with van der Waals surface area (Å²) in [6.45, 7) is 3.57. The average Bonchev–Trinajstić information content (AvgIpc) is 2.53. The first-order chi connectivity index (χ1) is 10.9. The van der Waals surface area contributed by atoms with Crippen LogP contribution in [-0.2, 0) is 12.8 Å². The number of hydrogen-bond acceptors (Lipinski definition) is 1. The first-order valence-electron chi connectivity index (χ1n) is 7.57. The van der Waals surface area contributed by atoms with Gasteiger partial charge in [-0.05, 0) is 48.6 Å². The lowest BCUT2D eigenvalue weighted by molar-refractivity contribution is -0.0911. The van der Waals surface area contributed by atoms with Crippen molar-refractivity contribution in [1.82, 2.24) is 0 Å². The van der Waals surface area contributed by atoms with E-state index in [2.05, 4.69) is 5.32 Å². The van der Waals surface area contributed by atoms with Crippen molar-refractivity contribution < 1.29 is 13.2 Å². The minimum absolute atomic E-state index is 0.263. The van der Waals surface area contributed by atoms with Crippen LogP contribution in [0.5, 0.6) is 0 Å². The van der Waals surface area contributed by atoms with E-state index in [-0.39, 0.29) is 12.0 Å². The summed E-state index contributed by atoms with van der Waals surface area (Å²) in [6, 6.07) is 16.1. The molecule has 2 aromatic carbocycles. The molecule has 2 aromatic rings. The maximum absolute atomic E-state index is 13.4. The zero-order valence-electron chi connectivity index (χ0n) is 13.2. The number of benzene rings is 2. The number of allylic oxidation sites excluding steroid dienone is 2. The minimum Gasteiger partial charge on any atom is -0.352 e. The van der Waals surface area contributed by atoms with Crippen LogP contribution in [0, 0.1) is 0 Å². The van der Waals surface area contributed by atoms with Crippen molar-refractivity contribution in [3.8, 4) is 0 Å². The van der Waals surface area contributed by atoms with Gasteiger partial charge in [0, 0.05) is 5.69 Å². The molecule has 0 unspecified atom stereocenters. The molecule has 2 rings (SSSR count). The summed E-state index contributed by atoms with van der Waals surface area (Å²) in [6.07, 6.45) is -3.24. The van der Waals surface area contributed by atoms with Crippen LogP contribution in [-0.4, -0.2) is 6.18 Å². The zero-order chi connectivity index (χ0) is 16.9. The number of para-hydroxylation sites is 1. The Hall–Kier alpha value is -2.23. The first-order valence-corrected chi connectivity index (χ1v) is 7.57. The largest absolute Gasteiger partial charge is 0.431 e. The quantitative estimate of drug-likeness (QED) is 0.741. The van der Waals surface area contributed by atoms with E-state index in [1.165, 1.54) is 12.5 Å². The molecule has 0 saturated heterocycles. The van der Waals surface area contributed by atoms with Crippen molar-refractivity contribution in [3.05, 3.63) is 77.0 Å². The summed E-state index contributed by atoms with van der Waals surface area (Å²) < 4.78 is 40.1. The van der Waals surface area contributed by atoms with Gasteiger partial charge in [0.15, 0.2) is 0 Å². The first kappa shape index (κ1) is 17.1. The highest BCUT2D eigenvalue weighted by Crippen LogP contribution is 2.30. The SMILES string of the molecule is CCc1ccc(C/C(C)=C(/Nc2ccccc2)C(F)(F)F)cc1. The Balaban J connectivity index is 2.26. The number of anilines is 1. The molecule has 0 fully saturated rings. The summed E-state index contributed by atoms with van der Waals surface area (Å²) in [5.74, 6) is 0. The van der Waals surface area contributed by atoms with E-state index in [9.17, 15) is 13.2 Å². The molecule has 0 aliphatic rings. The average molecular weight is 319 g/mol. The lowest BCUT2D eigenvalue weighted by Crippen LogP contribution is -2.21. The fourth-order valence-corrected chi connectivity index (χ4v) is 2.37. The molecule has 4 heteroatoms. The maximum Gasteiger partial charge on any atom is 0.431 e. The Morgan fingerprint density at radius 1 is 0.913 bits per heavy atom. The van der Waals surface area contributed by atoms with E-state index >= 15 is 0 Å². The Kier molecular flexibility index (Phi) is 5.48. The third-order valence-corrected chi connectivity index (χ3v) is 3.65. The predicted molar refractivity (Wildman–Crippen MR) is 88.3 cm³/mol. The molecule has 0 saturated carbocycles. The molecule has 0 aliphatic heterocycles. The Labute approximate surface area is 134 Å². The van der Waals surface area contributed by atoms with Crippen molar-refractivity contribution in [3.63, 3.8) is 0 Å². The second kappa shape index (κ2) is 7.36. The molecule has 1 N–H and O–H groups in total. The molecule has 122 valence electrons. The van der Waals surface area contributed by atoms with Gasteiger partial charge in [0.2, 0.25) is 0 Å². The molecule has 23 heavy (non-hydrogen) atoms. The number of alkyl halides is 3. The monoisotopic (exact) mass is 319 g/mol. The Morgan fingerprint density at radius 3 is 2.00 bits per heavy atom. The molecular weight excluding hydrogens is 299 g/mol. The highest BCUT2D eigenvalue weighted by molar-refractivity contribution is 5.50. The van der Waals surface area contributed by atoms with E-state index in [0.29, 0.717) is 5.69 Å². The summed E-state index contributed by atoms with van der Waals surface area (Å²) in [7, 11) is 0. The number of nitrogens with one attached hydrogen (secondary N) is 1. The van der Waals surface area contributed by atoms with Gasteiger partial charge < -0.3 is 5.32 Å². The van der Waals surface area contributed by atoms with Crippen LogP contribution in [0.15, 0.2) is 65.9 Å². The molecule has 0 heterocycles. The van der Waals surface area contributed by atoms with Crippen LogP contribution >= 0.6 is 0 Å². The van der Waals surface area contributed by atoms with Gasteiger partial charge in [-0.25, -0.2) is 0 Å². The molecule has 0 atom stereocenters. The number of hydrogen-bond donors (Lipinski definition) is 1. The lowest BCUT2D eigenvalue weighted by atomic mass is 10.0. The molecule has 0 radical (unpaired) electrons. The van der Waals surface area contributed by atoms with E-state index in [1.54, 1.807) is 30.3 Å². The summed E-state index contributed by atoms with van der Waals surface area (Å²) in [5, 5.41) is 2.52. The topological polar surface area (TPSA) is 12.0 Å². The fourth-order valence-electron chi connectivity index (χ4n) is 2.37. The van der Waals surface area contributed by atoms with Gasteiger partial charge in [-0.1, -0.05) is 49.4 Å². The van der Waals surface area contributed by atoms with E-state index in [4.69, 9.17) is 0 Å². The van der Waals surface area contributed by atoms with Crippen molar-refractivity contribution in [2.24, 2.45) is 0 Å².